The number of carbonyl (C=O) groups is 1. The van der Waals surface area contributed by atoms with Crippen molar-refractivity contribution < 1.29 is 9.53 Å². The second-order valence-corrected chi connectivity index (χ2v) is 8.10. The number of hydrazone groups is 1. The molecule has 0 saturated carbocycles. The van der Waals surface area contributed by atoms with Gasteiger partial charge in [0.2, 0.25) is 0 Å². The van der Waals surface area contributed by atoms with Crippen molar-refractivity contribution in [2.24, 2.45) is 5.10 Å². The molecule has 1 N–H and O–H groups in total. The molecule has 0 bridgehead atoms. The molecule has 0 aliphatic heterocycles. The molecule has 0 aliphatic carbocycles. The van der Waals surface area contributed by atoms with E-state index in [9.17, 15) is 4.79 Å². The minimum Gasteiger partial charge on any atom is -0.484 e. The number of carbonyl (C=O) groups excluding carboxylic acids is 1. The van der Waals surface area contributed by atoms with Crippen LogP contribution < -0.4 is 15.1 Å². The van der Waals surface area contributed by atoms with Crippen LogP contribution in [0.15, 0.2) is 87.7 Å². The lowest BCUT2D eigenvalue weighted by Gasteiger charge is -2.13. The van der Waals surface area contributed by atoms with Crippen LogP contribution in [0.5, 0.6) is 5.75 Å². The fraction of sp³-hybridized carbons (Fsp3) is 0.167. The Kier molecular flexibility index (Phi) is 7.51. The summed E-state index contributed by atoms with van der Waals surface area (Å²) in [7, 11) is 3.91. The zero-order chi connectivity index (χ0) is 21.3. The van der Waals surface area contributed by atoms with Crippen molar-refractivity contribution in [2.75, 3.05) is 25.6 Å². The molecule has 0 heterocycles. The van der Waals surface area contributed by atoms with Crippen LogP contribution in [0, 0.1) is 6.92 Å². The molecule has 0 radical (unpaired) electrons. The van der Waals surface area contributed by atoms with Gasteiger partial charge < -0.3 is 9.64 Å². The molecule has 154 valence electrons. The number of nitrogens with zero attached hydrogens (tertiary/aromatic N) is 2. The highest BCUT2D eigenvalue weighted by atomic mass is 32.2. The van der Waals surface area contributed by atoms with E-state index in [4.69, 9.17) is 4.74 Å². The van der Waals surface area contributed by atoms with Gasteiger partial charge in [-0.2, -0.15) is 5.10 Å². The van der Waals surface area contributed by atoms with Gasteiger partial charge in [0.05, 0.1) is 6.21 Å². The summed E-state index contributed by atoms with van der Waals surface area (Å²) in [5, 5.41) is 4.00. The smallest absolute Gasteiger partial charge is 0.277 e. The zero-order valence-electron chi connectivity index (χ0n) is 17.3. The topological polar surface area (TPSA) is 53.9 Å². The summed E-state index contributed by atoms with van der Waals surface area (Å²) in [6.07, 6.45) is 1.62. The second kappa shape index (κ2) is 10.5. The van der Waals surface area contributed by atoms with E-state index in [1.807, 2.05) is 67.5 Å². The molecule has 3 aromatic carbocycles. The number of ether oxygens (including phenoxy) is 1. The molecule has 0 fully saturated rings. The fourth-order valence-electron chi connectivity index (χ4n) is 2.58. The lowest BCUT2D eigenvalue weighted by molar-refractivity contribution is -0.123. The Hall–Kier alpha value is -3.25. The maximum Gasteiger partial charge on any atom is 0.277 e. The van der Waals surface area contributed by atoms with E-state index in [1.54, 1.807) is 18.0 Å². The summed E-state index contributed by atoms with van der Waals surface area (Å²) in [4.78, 5) is 16.3. The van der Waals surface area contributed by atoms with E-state index >= 15 is 0 Å². The monoisotopic (exact) mass is 419 g/mol. The van der Waals surface area contributed by atoms with Crippen molar-refractivity contribution in [3.63, 3.8) is 0 Å². The largest absolute Gasteiger partial charge is 0.484 e. The Labute approximate surface area is 181 Å². The second-order valence-electron chi connectivity index (χ2n) is 6.96. The number of benzene rings is 3. The average Bonchev–Trinajstić information content (AvgIpc) is 2.75. The van der Waals surface area contributed by atoms with Gasteiger partial charge in [-0.15, -0.1) is 0 Å². The first-order valence-electron chi connectivity index (χ1n) is 9.56. The van der Waals surface area contributed by atoms with Gasteiger partial charge in [0.15, 0.2) is 6.61 Å². The molecule has 0 aliphatic rings. The van der Waals surface area contributed by atoms with E-state index in [0.29, 0.717) is 5.75 Å². The molecule has 1 amide bonds. The highest BCUT2D eigenvalue weighted by Gasteiger charge is 2.03. The van der Waals surface area contributed by atoms with Crippen LogP contribution in [-0.2, 0) is 4.79 Å². The molecule has 0 aromatic heterocycles. The van der Waals surface area contributed by atoms with Crippen LogP contribution in [0.25, 0.3) is 0 Å². The van der Waals surface area contributed by atoms with Crippen LogP contribution >= 0.6 is 11.8 Å². The summed E-state index contributed by atoms with van der Waals surface area (Å²) >= 11 is 1.71. The van der Waals surface area contributed by atoms with Crippen molar-refractivity contribution in [1.82, 2.24) is 5.43 Å². The number of amides is 1. The third-order valence-corrected chi connectivity index (χ3v) is 5.26. The molecule has 3 rings (SSSR count). The molecule has 30 heavy (non-hydrogen) atoms. The van der Waals surface area contributed by atoms with E-state index in [2.05, 4.69) is 41.7 Å². The van der Waals surface area contributed by atoms with Crippen LogP contribution in [0.4, 0.5) is 5.69 Å². The van der Waals surface area contributed by atoms with E-state index in [0.717, 1.165) is 16.1 Å². The van der Waals surface area contributed by atoms with Crippen LogP contribution in [0.1, 0.15) is 11.1 Å². The molecule has 0 spiro atoms. The molecule has 6 heteroatoms. The van der Waals surface area contributed by atoms with Gasteiger partial charge >= 0.3 is 0 Å². The van der Waals surface area contributed by atoms with Gasteiger partial charge in [-0.05, 0) is 48.9 Å². The number of hydrogen-bond acceptors (Lipinski definition) is 5. The summed E-state index contributed by atoms with van der Waals surface area (Å²) in [5.74, 6) is 0.329. The molecule has 5 nitrogen and oxygen atoms in total. The summed E-state index contributed by atoms with van der Waals surface area (Å²) in [5.41, 5.74) is 5.65. The fourth-order valence-corrected chi connectivity index (χ4v) is 3.39. The van der Waals surface area contributed by atoms with Crippen molar-refractivity contribution in [3.8, 4) is 5.75 Å². The van der Waals surface area contributed by atoms with Crippen molar-refractivity contribution in [2.45, 2.75) is 16.7 Å². The van der Waals surface area contributed by atoms with Gasteiger partial charge in [0.1, 0.15) is 5.75 Å². The molecule has 3 aromatic rings. The first-order valence-corrected chi connectivity index (χ1v) is 10.4. The Bertz CT molecular complexity index is 1000. The van der Waals surface area contributed by atoms with E-state index in [1.165, 1.54) is 10.5 Å². The Morgan fingerprint density at radius 1 is 1.03 bits per heavy atom. The highest BCUT2D eigenvalue weighted by Crippen LogP contribution is 2.27. The van der Waals surface area contributed by atoms with Gasteiger partial charge in [0.25, 0.3) is 5.91 Å². The van der Waals surface area contributed by atoms with Crippen LogP contribution in [0.3, 0.4) is 0 Å². The Morgan fingerprint density at radius 3 is 2.37 bits per heavy atom. The number of anilines is 1. The normalized spacial score (nSPS) is 10.8. The van der Waals surface area contributed by atoms with E-state index < -0.39 is 0 Å². The minimum absolute atomic E-state index is 0.0969. The third-order valence-electron chi connectivity index (χ3n) is 4.24. The summed E-state index contributed by atoms with van der Waals surface area (Å²) < 4.78 is 5.53. The standard InChI is InChI=1S/C24H25N3O2S/c1-18-7-11-22(12-8-18)30-23-13-9-19(10-14-23)16-25-26-24(28)17-29-21-6-4-5-20(15-21)27(2)3/h4-16H,17H2,1-3H3,(H,26,28)/b25-16+. The molecule has 0 atom stereocenters. The quantitative estimate of drug-likeness (QED) is 0.423. The number of aryl methyl sites for hydroxylation is 1. The molecular weight excluding hydrogens is 394 g/mol. The van der Waals surface area contributed by atoms with Gasteiger partial charge in [0, 0.05) is 35.6 Å². The van der Waals surface area contributed by atoms with Crippen LogP contribution in [-0.4, -0.2) is 32.8 Å². The van der Waals surface area contributed by atoms with Crippen LogP contribution in [0.2, 0.25) is 0 Å². The minimum atomic E-state index is -0.312. The maximum absolute atomic E-state index is 11.9. The first kappa shape index (κ1) is 21.5. The number of rotatable bonds is 8. The average molecular weight is 420 g/mol. The summed E-state index contributed by atoms with van der Waals surface area (Å²) in [6, 6.07) is 24.0. The number of nitrogens with one attached hydrogen (secondary N) is 1. The predicted molar refractivity (Wildman–Crippen MR) is 124 cm³/mol. The van der Waals surface area contributed by atoms with Crippen molar-refractivity contribution in [3.05, 3.63) is 83.9 Å². The third kappa shape index (κ3) is 6.67. The summed E-state index contributed by atoms with van der Waals surface area (Å²) in [6.45, 7) is 1.98. The van der Waals surface area contributed by atoms with E-state index in [-0.39, 0.29) is 12.5 Å². The Morgan fingerprint density at radius 2 is 1.70 bits per heavy atom. The van der Waals surface area contributed by atoms with Gasteiger partial charge in [-0.3, -0.25) is 4.79 Å². The first-order chi connectivity index (χ1) is 14.5. The SMILES string of the molecule is Cc1ccc(Sc2ccc(/C=N/NC(=O)COc3cccc(N(C)C)c3)cc2)cc1. The lowest BCUT2D eigenvalue weighted by atomic mass is 10.2. The predicted octanol–water partition coefficient (Wildman–Crippen LogP) is 4.74. The number of hydrogen-bond donors (Lipinski definition) is 1. The molecular formula is C24H25N3O2S. The van der Waals surface area contributed by atoms with Gasteiger partial charge in [-0.25, -0.2) is 5.43 Å². The lowest BCUT2D eigenvalue weighted by Crippen LogP contribution is -2.24. The van der Waals surface area contributed by atoms with Gasteiger partial charge in [-0.1, -0.05) is 47.7 Å². The maximum atomic E-state index is 11.9. The van der Waals surface area contributed by atoms with Crippen molar-refractivity contribution >= 4 is 29.6 Å². The molecule has 0 unspecified atom stereocenters. The molecule has 0 saturated heterocycles. The highest BCUT2D eigenvalue weighted by molar-refractivity contribution is 7.99. The van der Waals surface area contributed by atoms with Crippen molar-refractivity contribution in [1.29, 1.82) is 0 Å². The zero-order valence-corrected chi connectivity index (χ0v) is 18.1. The Balaban J connectivity index is 1.46.